The SMILES string of the molecule is C#CCOCCOCCOCCOCCOC1CC(c2nnc(C)n2C(C)CC2CCC(C)N2)C1. The van der Waals surface area contributed by atoms with Gasteiger partial charge in [-0.05, 0) is 52.9 Å². The highest BCUT2D eigenvalue weighted by molar-refractivity contribution is 5.09. The van der Waals surface area contributed by atoms with Gasteiger partial charge in [0.1, 0.15) is 18.3 Å². The average Bonchev–Trinajstić information content (AvgIpc) is 3.39. The summed E-state index contributed by atoms with van der Waals surface area (Å²) in [4.78, 5) is 0. The Bertz CT molecular complexity index is 761. The van der Waals surface area contributed by atoms with Gasteiger partial charge >= 0.3 is 0 Å². The Morgan fingerprint density at radius 2 is 1.60 bits per heavy atom. The average molecular weight is 493 g/mol. The fourth-order valence-electron chi connectivity index (χ4n) is 4.91. The molecule has 1 aromatic heterocycles. The van der Waals surface area contributed by atoms with E-state index in [1.54, 1.807) is 0 Å². The summed E-state index contributed by atoms with van der Waals surface area (Å²) in [6.07, 6.45) is 11.0. The minimum absolute atomic E-state index is 0.278. The molecule has 0 bridgehead atoms. The number of nitrogens with zero attached hydrogens (tertiary/aromatic N) is 3. The lowest BCUT2D eigenvalue weighted by Crippen LogP contribution is -2.34. The van der Waals surface area contributed by atoms with Crippen molar-refractivity contribution in [1.29, 1.82) is 0 Å². The van der Waals surface area contributed by atoms with Crippen LogP contribution in [0.1, 0.15) is 69.6 Å². The third-order valence-corrected chi connectivity index (χ3v) is 6.77. The molecule has 1 N–H and O–H groups in total. The predicted molar refractivity (Wildman–Crippen MR) is 134 cm³/mol. The van der Waals surface area contributed by atoms with Crippen molar-refractivity contribution >= 4 is 0 Å². The molecule has 1 aliphatic heterocycles. The predicted octanol–water partition coefficient (Wildman–Crippen LogP) is 2.64. The summed E-state index contributed by atoms with van der Waals surface area (Å²) >= 11 is 0. The molecular weight excluding hydrogens is 448 g/mol. The zero-order valence-corrected chi connectivity index (χ0v) is 21.7. The van der Waals surface area contributed by atoms with Gasteiger partial charge in [-0.25, -0.2) is 0 Å². The minimum Gasteiger partial charge on any atom is -0.377 e. The smallest absolute Gasteiger partial charge is 0.136 e. The number of terminal acetylenes is 1. The van der Waals surface area contributed by atoms with Crippen LogP contribution in [0.5, 0.6) is 0 Å². The lowest BCUT2D eigenvalue weighted by atomic mass is 9.81. The molecule has 1 aromatic rings. The third kappa shape index (κ3) is 9.45. The van der Waals surface area contributed by atoms with Crippen molar-refractivity contribution in [3.05, 3.63) is 11.6 Å². The second-order valence-corrected chi connectivity index (χ2v) is 9.66. The van der Waals surface area contributed by atoms with Crippen molar-refractivity contribution < 1.29 is 23.7 Å². The Balaban J connectivity index is 1.19. The highest BCUT2D eigenvalue weighted by Gasteiger charge is 2.36. The Morgan fingerprint density at radius 1 is 0.971 bits per heavy atom. The Labute approximate surface area is 210 Å². The molecule has 3 rings (SSSR count). The van der Waals surface area contributed by atoms with Crippen molar-refractivity contribution in [3.63, 3.8) is 0 Å². The van der Waals surface area contributed by atoms with Crippen molar-refractivity contribution in [2.45, 2.75) is 83.0 Å². The highest BCUT2D eigenvalue weighted by Crippen LogP contribution is 2.39. The normalized spacial score (nSPS) is 24.9. The molecule has 9 heteroatoms. The van der Waals surface area contributed by atoms with Crippen LogP contribution in [-0.4, -0.2) is 92.4 Å². The standard InChI is InChI=1S/C26H44N4O5/c1-5-8-31-9-10-32-11-12-33-13-14-34-15-16-35-25-18-23(19-25)26-29-28-22(4)30(26)21(3)17-24-7-6-20(2)27-24/h1,20-21,23-25,27H,6-19H2,2-4H3. The number of nitrogens with one attached hydrogen (secondary N) is 1. The molecule has 1 saturated carbocycles. The molecule has 2 fully saturated rings. The van der Waals surface area contributed by atoms with E-state index in [0.29, 0.717) is 83.5 Å². The maximum atomic E-state index is 5.98. The maximum absolute atomic E-state index is 5.98. The second-order valence-electron chi connectivity index (χ2n) is 9.66. The molecule has 1 aliphatic carbocycles. The molecule has 2 heterocycles. The minimum atomic E-state index is 0.278. The van der Waals surface area contributed by atoms with Crippen molar-refractivity contribution in [2.24, 2.45) is 0 Å². The molecular formula is C26H44N4O5. The highest BCUT2D eigenvalue weighted by atomic mass is 16.6. The summed E-state index contributed by atoms with van der Waals surface area (Å²) in [7, 11) is 0. The first-order valence-electron chi connectivity index (χ1n) is 13.1. The van der Waals surface area contributed by atoms with Crippen molar-refractivity contribution in [1.82, 2.24) is 20.1 Å². The van der Waals surface area contributed by atoms with Gasteiger partial charge in [0, 0.05) is 24.0 Å². The molecule has 0 spiro atoms. The van der Waals surface area contributed by atoms with E-state index in [1.165, 1.54) is 12.8 Å². The molecule has 3 atom stereocenters. The van der Waals surface area contributed by atoms with Gasteiger partial charge in [0.2, 0.25) is 0 Å². The first-order valence-corrected chi connectivity index (χ1v) is 13.1. The fourth-order valence-corrected chi connectivity index (χ4v) is 4.91. The summed E-state index contributed by atoms with van der Waals surface area (Å²) in [5.41, 5.74) is 0. The molecule has 1 saturated heterocycles. The summed E-state index contributed by atoms with van der Waals surface area (Å²) in [6, 6.07) is 1.62. The number of hydrogen-bond donors (Lipinski definition) is 1. The van der Waals surface area contributed by atoms with Gasteiger partial charge < -0.3 is 33.6 Å². The first kappa shape index (κ1) is 28.0. The molecule has 35 heavy (non-hydrogen) atoms. The molecule has 0 radical (unpaired) electrons. The van der Waals surface area contributed by atoms with Crippen LogP contribution in [0.4, 0.5) is 0 Å². The zero-order chi connectivity index (χ0) is 24.9. The van der Waals surface area contributed by atoms with Crippen LogP contribution in [0.15, 0.2) is 0 Å². The van der Waals surface area contributed by atoms with Gasteiger partial charge in [0.15, 0.2) is 0 Å². The maximum Gasteiger partial charge on any atom is 0.136 e. The monoisotopic (exact) mass is 492 g/mol. The largest absolute Gasteiger partial charge is 0.377 e. The van der Waals surface area contributed by atoms with Crippen molar-refractivity contribution in [3.8, 4) is 12.3 Å². The van der Waals surface area contributed by atoms with Crippen LogP contribution >= 0.6 is 0 Å². The summed E-state index contributed by atoms with van der Waals surface area (Å²) in [6.45, 7) is 11.3. The molecule has 198 valence electrons. The van der Waals surface area contributed by atoms with E-state index in [1.807, 2.05) is 0 Å². The number of hydrogen-bond acceptors (Lipinski definition) is 8. The number of aryl methyl sites for hydroxylation is 1. The first-order chi connectivity index (χ1) is 17.1. The molecule has 0 amide bonds. The lowest BCUT2D eigenvalue weighted by Gasteiger charge is -2.35. The number of aromatic nitrogens is 3. The van der Waals surface area contributed by atoms with Crippen LogP contribution in [0.3, 0.4) is 0 Å². The number of ether oxygens (including phenoxy) is 5. The van der Waals surface area contributed by atoms with Gasteiger partial charge in [0.25, 0.3) is 0 Å². The second kappa shape index (κ2) is 15.5. The Hall–Kier alpha value is -1.54. The Morgan fingerprint density at radius 3 is 2.20 bits per heavy atom. The van der Waals surface area contributed by atoms with Gasteiger partial charge in [0.05, 0.1) is 59.0 Å². The fraction of sp³-hybridized carbons (Fsp3) is 0.846. The van der Waals surface area contributed by atoms with Gasteiger partial charge in [-0.3, -0.25) is 0 Å². The Kier molecular flexibility index (Phi) is 12.5. The van der Waals surface area contributed by atoms with E-state index in [-0.39, 0.29) is 6.10 Å². The van der Waals surface area contributed by atoms with E-state index in [0.717, 1.165) is 30.9 Å². The van der Waals surface area contributed by atoms with Gasteiger partial charge in [-0.2, -0.15) is 0 Å². The van der Waals surface area contributed by atoms with Crippen molar-refractivity contribution in [2.75, 3.05) is 59.5 Å². The topological polar surface area (TPSA) is 88.9 Å². The lowest BCUT2D eigenvalue weighted by molar-refractivity contribution is -0.0485. The van der Waals surface area contributed by atoms with Gasteiger partial charge in [-0.15, -0.1) is 16.6 Å². The van der Waals surface area contributed by atoms with E-state index in [9.17, 15) is 0 Å². The van der Waals surface area contributed by atoms with Crippen LogP contribution < -0.4 is 5.32 Å². The quantitative estimate of drug-likeness (QED) is 0.247. The van der Waals surface area contributed by atoms with E-state index in [4.69, 9.17) is 30.1 Å². The summed E-state index contributed by atoms with van der Waals surface area (Å²) in [5.74, 6) is 4.98. The molecule has 2 aliphatic rings. The van der Waals surface area contributed by atoms with E-state index >= 15 is 0 Å². The van der Waals surface area contributed by atoms with Crippen LogP contribution in [0.2, 0.25) is 0 Å². The molecule has 0 aromatic carbocycles. The zero-order valence-electron chi connectivity index (χ0n) is 21.7. The summed E-state index contributed by atoms with van der Waals surface area (Å²) < 4.78 is 29.9. The van der Waals surface area contributed by atoms with Crippen LogP contribution in [-0.2, 0) is 23.7 Å². The summed E-state index contributed by atoms with van der Waals surface area (Å²) in [5, 5.41) is 12.6. The van der Waals surface area contributed by atoms with Crippen LogP contribution in [0, 0.1) is 19.3 Å². The van der Waals surface area contributed by atoms with E-state index in [2.05, 4.69) is 46.8 Å². The molecule has 3 unspecified atom stereocenters. The van der Waals surface area contributed by atoms with Gasteiger partial charge in [-0.1, -0.05) is 5.92 Å². The third-order valence-electron chi connectivity index (χ3n) is 6.77. The molecule has 9 nitrogen and oxygen atoms in total. The van der Waals surface area contributed by atoms with E-state index < -0.39 is 0 Å². The van der Waals surface area contributed by atoms with Crippen LogP contribution in [0.25, 0.3) is 0 Å². The number of rotatable bonds is 18.